The van der Waals surface area contributed by atoms with E-state index in [-0.39, 0.29) is 0 Å². The molecule has 6 rings (SSSR count). The monoisotopic (exact) mass is 432 g/mol. The molecule has 2 unspecified atom stereocenters. The van der Waals surface area contributed by atoms with Crippen LogP contribution in [0.15, 0.2) is 30.6 Å². The molecule has 5 heterocycles. The van der Waals surface area contributed by atoms with E-state index in [1.807, 2.05) is 18.5 Å². The molecule has 0 amide bonds. The summed E-state index contributed by atoms with van der Waals surface area (Å²) >= 11 is 0. The molecule has 3 N–H and O–H groups in total. The van der Waals surface area contributed by atoms with Gasteiger partial charge in [-0.1, -0.05) is 12.8 Å². The Labute approximate surface area is 188 Å². The van der Waals surface area contributed by atoms with Crippen LogP contribution in [0.25, 0.3) is 11.0 Å². The molecule has 32 heavy (non-hydrogen) atoms. The molecule has 0 bridgehead atoms. The Bertz CT molecular complexity index is 1070. The molecule has 8 nitrogen and oxygen atoms in total. The maximum Gasteiger partial charge on any atom is 0.230 e. The normalized spacial score (nSPS) is 23.8. The summed E-state index contributed by atoms with van der Waals surface area (Å²) in [5.74, 6) is 2.00. The summed E-state index contributed by atoms with van der Waals surface area (Å²) in [6.45, 7) is 6.27. The van der Waals surface area contributed by atoms with Gasteiger partial charge in [-0.25, -0.2) is 9.97 Å². The second kappa shape index (κ2) is 8.67. The van der Waals surface area contributed by atoms with Crippen LogP contribution >= 0.6 is 0 Å². The molecule has 0 spiro atoms. The Morgan fingerprint density at radius 3 is 2.72 bits per heavy atom. The Balaban J connectivity index is 1.24. The highest BCUT2D eigenvalue weighted by atomic mass is 15.2. The fourth-order valence-corrected chi connectivity index (χ4v) is 5.13. The average Bonchev–Trinajstić information content (AvgIpc) is 3.52. The third kappa shape index (κ3) is 4.04. The van der Waals surface area contributed by atoms with Gasteiger partial charge in [0.25, 0.3) is 0 Å². The fraction of sp³-hybridized carbons (Fsp3) is 0.542. The van der Waals surface area contributed by atoms with Gasteiger partial charge in [-0.2, -0.15) is 4.98 Å². The summed E-state index contributed by atoms with van der Waals surface area (Å²) in [5, 5.41) is 11.6. The van der Waals surface area contributed by atoms with E-state index in [4.69, 9.17) is 4.98 Å². The predicted molar refractivity (Wildman–Crippen MR) is 128 cm³/mol. The maximum atomic E-state index is 4.92. The molecule has 168 valence electrons. The lowest BCUT2D eigenvalue weighted by atomic mass is 10.2. The zero-order chi connectivity index (χ0) is 21.3. The molecule has 2 aliphatic heterocycles. The van der Waals surface area contributed by atoms with Crippen molar-refractivity contribution in [2.24, 2.45) is 0 Å². The van der Waals surface area contributed by atoms with Gasteiger partial charge in [0, 0.05) is 62.0 Å². The van der Waals surface area contributed by atoms with Gasteiger partial charge in [0.05, 0.1) is 11.9 Å². The van der Waals surface area contributed by atoms with Crippen LogP contribution in [-0.4, -0.2) is 58.3 Å². The molecule has 2 atom stereocenters. The summed E-state index contributed by atoms with van der Waals surface area (Å²) in [6.07, 6.45) is 10.2. The molecular weight excluding hydrogens is 400 g/mol. The van der Waals surface area contributed by atoms with Gasteiger partial charge in [-0.3, -0.25) is 0 Å². The number of nitrogens with zero attached hydrogens (tertiary/aromatic N) is 5. The Kier molecular flexibility index (Phi) is 5.40. The van der Waals surface area contributed by atoms with Gasteiger partial charge in [0.2, 0.25) is 5.95 Å². The topological polar surface area (TPSA) is 82.9 Å². The van der Waals surface area contributed by atoms with Crippen molar-refractivity contribution >= 4 is 28.5 Å². The van der Waals surface area contributed by atoms with E-state index in [2.05, 4.69) is 47.5 Å². The summed E-state index contributed by atoms with van der Waals surface area (Å²) < 4.78 is 2.45. The summed E-state index contributed by atoms with van der Waals surface area (Å²) in [7, 11) is 0. The van der Waals surface area contributed by atoms with Crippen LogP contribution in [0.4, 0.5) is 17.5 Å². The first-order chi connectivity index (χ1) is 15.8. The van der Waals surface area contributed by atoms with Gasteiger partial charge >= 0.3 is 0 Å². The first-order valence-electron chi connectivity index (χ1n) is 12.1. The average molecular weight is 433 g/mol. The Morgan fingerprint density at radius 1 is 0.938 bits per heavy atom. The molecule has 1 saturated carbocycles. The highest BCUT2D eigenvalue weighted by Crippen LogP contribution is 2.43. The lowest BCUT2D eigenvalue weighted by Gasteiger charge is -2.29. The summed E-state index contributed by atoms with van der Waals surface area (Å²) in [6, 6.07) is 7.08. The van der Waals surface area contributed by atoms with E-state index in [1.165, 1.54) is 37.8 Å². The van der Waals surface area contributed by atoms with Crippen LogP contribution in [0.3, 0.4) is 0 Å². The van der Waals surface area contributed by atoms with E-state index in [9.17, 15) is 0 Å². The minimum absolute atomic E-state index is 0.609. The van der Waals surface area contributed by atoms with Gasteiger partial charge < -0.3 is 25.4 Å². The lowest BCUT2D eigenvalue weighted by molar-refractivity contribution is 0.562. The van der Waals surface area contributed by atoms with Gasteiger partial charge in [-0.05, 0) is 44.0 Å². The molecule has 2 fully saturated rings. The summed E-state index contributed by atoms with van der Waals surface area (Å²) in [5.41, 5.74) is 3.63. The number of rotatable bonds is 3. The molecule has 0 radical (unpaired) electrons. The van der Waals surface area contributed by atoms with Crippen molar-refractivity contribution < 1.29 is 0 Å². The number of hydrogen-bond acceptors (Lipinski definition) is 7. The first-order valence-corrected chi connectivity index (χ1v) is 12.1. The smallest absolute Gasteiger partial charge is 0.230 e. The van der Waals surface area contributed by atoms with E-state index >= 15 is 0 Å². The van der Waals surface area contributed by atoms with Crippen molar-refractivity contribution in [1.82, 2.24) is 30.2 Å². The molecule has 0 aromatic carbocycles. The van der Waals surface area contributed by atoms with Crippen molar-refractivity contribution in [2.45, 2.75) is 50.6 Å². The molecule has 1 saturated heterocycles. The predicted octanol–water partition coefficient (Wildman–Crippen LogP) is 3.00. The number of aromatic nitrogens is 4. The second-order valence-electron chi connectivity index (χ2n) is 9.27. The lowest BCUT2D eigenvalue weighted by Crippen LogP contribution is -2.43. The number of aryl methyl sites for hydroxylation is 1. The van der Waals surface area contributed by atoms with E-state index < -0.39 is 0 Å². The SMILES string of the molecule is c1cc(Nc2ncc3cc4n(c3n2)CCCCCCNC2CC42)ncc1N1CCNCC1. The minimum atomic E-state index is 0.609. The van der Waals surface area contributed by atoms with Gasteiger partial charge in [0.1, 0.15) is 11.5 Å². The zero-order valence-corrected chi connectivity index (χ0v) is 18.6. The number of pyridine rings is 1. The fourth-order valence-electron chi connectivity index (χ4n) is 5.13. The van der Waals surface area contributed by atoms with Crippen molar-refractivity contribution in [3.63, 3.8) is 0 Å². The Hall–Kier alpha value is -2.71. The van der Waals surface area contributed by atoms with Crippen LogP contribution in [0, 0.1) is 0 Å². The number of nitrogens with one attached hydrogen (secondary N) is 3. The summed E-state index contributed by atoms with van der Waals surface area (Å²) in [4.78, 5) is 16.5. The number of piperazine rings is 1. The minimum Gasteiger partial charge on any atom is -0.368 e. The third-order valence-corrected chi connectivity index (χ3v) is 7.02. The molecule has 8 heteroatoms. The van der Waals surface area contributed by atoms with Crippen LogP contribution < -0.4 is 20.9 Å². The Morgan fingerprint density at radius 2 is 1.84 bits per heavy atom. The molecular formula is C24H32N8. The van der Waals surface area contributed by atoms with Gasteiger partial charge in [0.15, 0.2) is 0 Å². The maximum absolute atomic E-state index is 4.92. The van der Waals surface area contributed by atoms with E-state index in [0.29, 0.717) is 17.9 Å². The molecule has 3 aromatic heterocycles. The van der Waals surface area contributed by atoms with Crippen molar-refractivity contribution in [3.05, 3.63) is 36.3 Å². The molecule has 1 aliphatic carbocycles. The van der Waals surface area contributed by atoms with E-state index in [0.717, 1.165) is 61.8 Å². The number of hydrogen-bond donors (Lipinski definition) is 3. The van der Waals surface area contributed by atoms with Gasteiger partial charge in [-0.15, -0.1) is 0 Å². The zero-order valence-electron chi connectivity index (χ0n) is 18.6. The van der Waals surface area contributed by atoms with E-state index in [1.54, 1.807) is 0 Å². The standard InChI is InChI=1S/C24H32N8/c1-2-4-10-32-21(19-14-20(19)26-7-3-1)13-17-15-28-24(30-23(17)32)29-22-6-5-18(16-27-22)31-11-8-25-9-12-31/h5-6,13,15-16,19-20,25-26H,1-4,7-12,14H2,(H,27,28,29,30). The van der Waals surface area contributed by atoms with Crippen LogP contribution in [0.5, 0.6) is 0 Å². The van der Waals surface area contributed by atoms with Crippen LogP contribution in [-0.2, 0) is 6.54 Å². The second-order valence-corrected chi connectivity index (χ2v) is 9.27. The highest BCUT2D eigenvalue weighted by Gasteiger charge is 2.40. The third-order valence-electron chi connectivity index (χ3n) is 7.02. The molecule has 3 aromatic rings. The van der Waals surface area contributed by atoms with Crippen molar-refractivity contribution in [2.75, 3.05) is 42.9 Å². The first kappa shape index (κ1) is 19.9. The quantitative estimate of drug-likeness (QED) is 0.587. The largest absolute Gasteiger partial charge is 0.368 e. The number of anilines is 3. The molecule has 3 aliphatic rings. The van der Waals surface area contributed by atoms with Crippen molar-refractivity contribution in [3.8, 4) is 0 Å². The van der Waals surface area contributed by atoms with Crippen LogP contribution in [0.1, 0.15) is 43.7 Å². The number of fused-ring (bicyclic) bond motifs is 5. The van der Waals surface area contributed by atoms with Crippen molar-refractivity contribution in [1.29, 1.82) is 0 Å². The van der Waals surface area contributed by atoms with Crippen LogP contribution in [0.2, 0.25) is 0 Å². The highest BCUT2D eigenvalue weighted by molar-refractivity contribution is 5.78.